The molecule has 1 aliphatic heterocycles. The Balaban J connectivity index is 2.13. The Kier molecular flexibility index (Phi) is 3.07. The first-order valence-electron chi connectivity index (χ1n) is 5.75. The number of carboxylic acid groups (broad SMARTS) is 1. The lowest BCUT2D eigenvalue weighted by Crippen LogP contribution is -2.35. The van der Waals surface area contributed by atoms with Gasteiger partial charge in [0.1, 0.15) is 0 Å². The van der Waals surface area contributed by atoms with Crippen LogP contribution in [0.5, 0.6) is 0 Å². The van der Waals surface area contributed by atoms with Crippen molar-refractivity contribution in [2.75, 3.05) is 18.0 Å². The summed E-state index contributed by atoms with van der Waals surface area (Å²) in [6, 6.07) is 7.95. The average molecular weight is 235 g/mol. The first kappa shape index (κ1) is 11.9. The summed E-state index contributed by atoms with van der Waals surface area (Å²) in [6.07, 6.45) is 0.322. The molecule has 0 amide bonds. The van der Waals surface area contributed by atoms with Gasteiger partial charge in [-0.25, -0.2) is 0 Å². The first-order valence-corrected chi connectivity index (χ1v) is 5.75. The molecule has 4 nitrogen and oxygen atoms in total. The number of aliphatic carboxylic acids is 1. The maximum atomic E-state index is 10.7. The number of carboxylic acids is 1. The van der Waals surface area contributed by atoms with E-state index in [-0.39, 0.29) is 6.42 Å². The third-order valence-corrected chi connectivity index (χ3v) is 3.27. The molecule has 0 radical (unpaired) electrons. The minimum Gasteiger partial charge on any atom is -0.481 e. The lowest BCUT2D eigenvalue weighted by atomic mass is 9.99. The van der Waals surface area contributed by atoms with Gasteiger partial charge in [-0.2, -0.15) is 0 Å². The van der Waals surface area contributed by atoms with Crippen molar-refractivity contribution in [2.45, 2.75) is 25.4 Å². The van der Waals surface area contributed by atoms with Gasteiger partial charge < -0.3 is 15.1 Å². The molecule has 1 unspecified atom stereocenters. The third kappa shape index (κ3) is 2.58. The van der Waals surface area contributed by atoms with Crippen LogP contribution in [0.25, 0.3) is 0 Å². The number of para-hydroxylation sites is 1. The number of aryl methyl sites for hydroxylation is 1. The number of β-amino-alcohol motifs (C(OH)–C–C–N with tert-alkyl or cyclic N) is 1. The summed E-state index contributed by atoms with van der Waals surface area (Å²) in [4.78, 5) is 12.7. The molecule has 1 aromatic rings. The molecule has 1 aliphatic rings. The highest BCUT2D eigenvalue weighted by molar-refractivity contribution is 5.68. The van der Waals surface area contributed by atoms with E-state index in [0.717, 1.165) is 11.3 Å². The number of rotatable bonds is 3. The van der Waals surface area contributed by atoms with Crippen LogP contribution in [0.15, 0.2) is 24.3 Å². The topological polar surface area (TPSA) is 60.8 Å². The zero-order valence-corrected chi connectivity index (χ0v) is 9.89. The number of hydrogen-bond acceptors (Lipinski definition) is 3. The van der Waals surface area contributed by atoms with Crippen LogP contribution >= 0.6 is 0 Å². The fourth-order valence-electron chi connectivity index (χ4n) is 2.41. The molecule has 1 heterocycles. The van der Waals surface area contributed by atoms with Crippen LogP contribution < -0.4 is 4.90 Å². The molecular formula is C13H17NO3. The minimum absolute atomic E-state index is 0.185. The van der Waals surface area contributed by atoms with Gasteiger partial charge in [-0.1, -0.05) is 18.2 Å². The smallest absolute Gasteiger partial charge is 0.306 e. The second-order valence-corrected chi connectivity index (χ2v) is 4.75. The lowest BCUT2D eigenvalue weighted by molar-refractivity contribution is -0.141. The molecule has 2 rings (SSSR count). The van der Waals surface area contributed by atoms with Gasteiger partial charge in [-0.3, -0.25) is 4.79 Å². The largest absolute Gasteiger partial charge is 0.481 e. The van der Waals surface area contributed by atoms with E-state index in [0.29, 0.717) is 19.5 Å². The molecule has 0 bridgehead atoms. The van der Waals surface area contributed by atoms with E-state index in [9.17, 15) is 9.90 Å². The molecule has 2 N–H and O–H groups in total. The summed E-state index contributed by atoms with van der Waals surface area (Å²) < 4.78 is 0. The number of benzene rings is 1. The molecule has 4 heteroatoms. The fourth-order valence-corrected chi connectivity index (χ4v) is 2.41. The predicted octanol–water partition coefficient (Wildman–Crippen LogP) is 1.41. The normalized spacial score (nSPS) is 24.0. The molecule has 92 valence electrons. The zero-order valence-electron chi connectivity index (χ0n) is 9.89. The van der Waals surface area contributed by atoms with E-state index in [4.69, 9.17) is 5.11 Å². The van der Waals surface area contributed by atoms with Crippen LogP contribution in [0.2, 0.25) is 0 Å². The van der Waals surface area contributed by atoms with Crippen molar-refractivity contribution >= 4 is 11.7 Å². The SMILES string of the molecule is Cc1ccccc1N1CCC(O)(CC(=O)O)C1. The summed E-state index contributed by atoms with van der Waals surface area (Å²) in [7, 11) is 0. The Morgan fingerprint density at radius 1 is 1.47 bits per heavy atom. The highest BCUT2D eigenvalue weighted by atomic mass is 16.4. The zero-order chi connectivity index (χ0) is 12.5. The Hall–Kier alpha value is -1.55. The van der Waals surface area contributed by atoms with Gasteiger partial charge in [-0.05, 0) is 25.0 Å². The molecule has 17 heavy (non-hydrogen) atoms. The van der Waals surface area contributed by atoms with Crippen LogP contribution in [0.4, 0.5) is 5.69 Å². The highest BCUT2D eigenvalue weighted by Gasteiger charge is 2.38. The molecule has 0 aromatic heterocycles. The quantitative estimate of drug-likeness (QED) is 0.831. The van der Waals surface area contributed by atoms with E-state index in [1.54, 1.807) is 0 Å². The second-order valence-electron chi connectivity index (χ2n) is 4.75. The van der Waals surface area contributed by atoms with Gasteiger partial charge in [-0.15, -0.1) is 0 Å². The van der Waals surface area contributed by atoms with E-state index in [1.807, 2.05) is 31.2 Å². The molecule has 1 aromatic carbocycles. The summed E-state index contributed by atoms with van der Waals surface area (Å²) >= 11 is 0. The van der Waals surface area contributed by atoms with Crippen LogP contribution in [0, 0.1) is 6.92 Å². The van der Waals surface area contributed by atoms with Gasteiger partial charge in [0.2, 0.25) is 0 Å². The Morgan fingerprint density at radius 2 is 2.18 bits per heavy atom. The Labute approximate surface area is 100 Å². The number of anilines is 1. The molecule has 0 saturated carbocycles. The monoisotopic (exact) mass is 235 g/mol. The van der Waals surface area contributed by atoms with E-state index in [2.05, 4.69) is 4.90 Å². The molecule has 1 saturated heterocycles. The number of nitrogens with zero attached hydrogens (tertiary/aromatic N) is 1. The Morgan fingerprint density at radius 3 is 2.82 bits per heavy atom. The molecule has 0 aliphatic carbocycles. The predicted molar refractivity (Wildman–Crippen MR) is 65.2 cm³/mol. The van der Waals surface area contributed by atoms with Gasteiger partial charge in [0.25, 0.3) is 0 Å². The van der Waals surface area contributed by atoms with Gasteiger partial charge >= 0.3 is 5.97 Å². The minimum atomic E-state index is -1.09. The van der Waals surface area contributed by atoms with E-state index >= 15 is 0 Å². The van der Waals surface area contributed by atoms with Gasteiger partial charge in [0.05, 0.1) is 12.0 Å². The Bertz CT molecular complexity index is 432. The average Bonchev–Trinajstić information content (AvgIpc) is 2.60. The maximum absolute atomic E-state index is 10.7. The van der Waals surface area contributed by atoms with Crippen LogP contribution in [-0.4, -0.2) is 34.9 Å². The summed E-state index contributed by atoms with van der Waals surface area (Å²) in [5.74, 6) is -0.945. The van der Waals surface area contributed by atoms with Crippen molar-refractivity contribution in [3.05, 3.63) is 29.8 Å². The molecular weight excluding hydrogens is 218 g/mol. The van der Waals surface area contributed by atoms with Crippen molar-refractivity contribution in [3.63, 3.8) is 0 Å². The van der Waals surface area contributed by atoms with Gasteiger partial charge in [0, 0.05) is 18.8 Å². The highest BCUT2D eigenvalue weighted by Crippen LogP contribution is 2.30. The molecule has 1 atom stereocenters. The first-order chi connectivity index (χ1) is 8.00. The second kappa shape index (κ2) is 4.37. The standard InChI is InChI=1S/C13H17NO3/c1-10-4-2-3-5-11(10)14-7-6-13(17,9-14)8-12(15)16/h2-5,17H,6-9H2,1H3,(H,15,16). The van der Waals surface area contributed by atoms with E-state index < -0.39 is 11.6 Å². The summed E-state index contributed by atoms with van der Waals surface area (Å²) in [6.45, 7) is 3.11. The number of hydrogen-bond donors (Lipinski definition) is 2. The van der Waals surface area contributed by atoms with Crippen molar-refractivity contribution in [1.82, 2.24) is 0 Å². The fraction of sp³-hybridized carbons (Fsp3) is 0.462. The number of aliphatic hydroxyl groups is 1. The lowest BCUT2D eigenvalue weighted by Gasteiger charge is -2.24. The van der Waals surface area contributed by atoms with Gasteiger partial charge in [0.15, 0.2) is 0 Å². The van der Waals surface area contributed by atoms with Crippen LogP contribution in [0.1, 0.15) is 18.4 Å². The van der Waals surface area contributed by atoms with Crippen LogP contribution in [-0.2, 0) is 4.79 Å². The van der Waals surface area contributed by atoms with Crippen LogP contribution in [0.3, 0.4) is 0 Å². The van der Waals surface area contributed by atoms with Crippen molar-refractivity contribution in [3.8, 4) is 0 Å². The van der Waals surface area contributed by atoms with Crippen molar-refractivity contribution in [2.24, 2.45) is 0 Å². The van der Waals surface area contributed by atoms with E-state index in [1.165, 1.54) is 0 Å². The summed E-state index contributed by atoms with van der Waals surface area (Å²) in [5.41, 5.74) is 1.13. The third-order valence-electron chi connectivity index (χ3n) is 3.27. The number of carbonyl (C=O) groups is 1. The van der Waals surface area contributed by atoms with Crippen molar-refractivity contribution < 1.29 is 15.0 Å². The molecule has 1 fully saturated rings. The molecule has 0 spiro atoms. The summed E-state index contributed by atoms with van der Waals surface area (Å²) in [5, 5.41) is 18.9. The maximum Gasteiger partial charge on any atom is 0.306 e. The van der Waals surface area contributed by atoms with Crippen molar-refractivity contribution in [1.29, 1.82) is 0 Å².